The van der Waals surface area contributed by atoms with Crippen molar-refractivity contribution in [2.75, 3.05) is 37.9 Å². The predicted molar refractivity (Wildman–Crippen MR) is 147 cm³/mol. The third-order valence-corrected chi connectivity index (χ3v) is 6.35. The molecular weight excluding hydrogens is 503 g/mol. The first-order valence-electron chi connectivity index (χ1n) is 12.3. The second-order valence-corrected chi connectivity index (χ2v) is 9.17. The van der Waals surface area contributed by atoms with Gasteiger partial charge in [-0.3, -0.25) is 9.59 Å². The lowest BCUT2D eigenvalue weighted by Gasteiger charge is -2.20. The molecule has 2 aromatic heterocycles. The largest absolute Gasteiger partial charge is 0.494 e. The van der Waals surface area contributed by atoms with Gasteiger partial charge >= 0.3 is 0 Å². The fourth-order valence-corrected chi connectivity index (χ4v) is 4.48. The Kier molecular flexibility index (Phi) is 7.24. The van der Waals surface area contributed by atoms with Gasteiger partial charge in [-0.1, -0.05) is 18.7 Å². The summed E-state index contributed by atoms with van der Waals surface area (Å²) in [6.45, 7) is 5.21. The second-order valence-electron chi connectivity index (χ2n) is 9.17. The maximum atomic E-state index is 13.9. The van der Waals surface area contributed by atoms with Crippen molar-refractivity contribution in [2.45, 2.75) is 12.5 Å². The molecule has 1 saturated heterocycles. The summed E-state index contributed by atoms with van der Waals surface area (Å²) in [6, 6.07) is 10.7. The van der Waals surface area contributed by atoms with E-state index in [1.54, 1.807) is 24.3 Å². The highest BCUT2D eigenvalue weighted by molar-refractivity contribution is 6.00. The Morgan fingerprint density at radius 1 is 1.23 bits per heavy atom. The third-order valence-electron chi connectivity index (χ3n) is 6.35. The molecule has 200 valence electrons. The molecule has 1 aliphatic rings. The number of likely N-dealkylation sites (tertiary alicyclic amines) is 1. The number of aromatic nitrogens is 3. The Morgan fingerprint density at radius 2 is 2.08 bits per heavy atom. The monoisotopic (exact) mass is 530 g/mol. The van der Waals surface area contributed by atoms with E-state index in [0.717, 1.165) is 19.5 Å². The summed E-state index contributed by atoms with van der Waals surface area (Å²) in [5.41, 5.74) is 2.29. The van der Waals surface area contributed by atoms with Crippen LogP contribution in [0.15, 0.2) is 66.1 Å². The lowest BCUT2D eigenvalue weighted by Crippen LogP contribution is -2.22. The van der Waals surface area contributed by atoms with E-state index in [9.17, 15) is 14.0 Å². The van der Waals surface area contributed by atoms with Crippen LogP contribution >= 0.6 is 0 Å². The van der Waals surface area contributed by atoms with E-state index < -0.39 is 11.7 Å². The normalized spacial score (nSPS) is 15.2. The molecule has 0 bridgehead atoms. The van der Waals surface area contributed by atoms with Crippen LogP contribution in [0.4, 0.5) is 21.7 Å². The maximum Gasteiger partial charge on any atom is 0.249 e. The van der Waals surface area contributed by atoms with Gasteiger partial charge in [0.2, 0.25) is 17.4 Å². The summed E-state index contributed by atoms with van der Waals surface area (Å²) in [5.74, 6) is 0.253. The summed E-state index contributed by atoms with van der Waals surface area (Å²) in [4.78, 5) is 38.3. The quantitative estimate of drug-likeness (QED) is 0.292. The average molecular weight is 531 g/mol. The number of aromatic amines is 1. The molecular formula is C28H27FN6O4. The van der Waals surface area contributed by atoms with Crippen molar-refractivity contribution in [3.63, 3.8) is 0 Å². The van der Waals surface area contributed by atoms with Gasteiger partial charge < -0.3 is 30.0 Å². The molecule has 1 unspecified atom stereocenters. The highest BCUT2D eigenvalue weighted by atomic mass is 19.1. The highest BCUT2D eigenvalue weighted by Gasteiger charge is 2.24. The fourth-order valence-electron chi connectivity index (χ4n) is 4.48. The summed E-state index contributed by atoms with van der Waals surface area (Å²) in [7, 11) is 3.54. The Balaban J connectivity index is 1.54. The summed E-state index contributed by atoms with van der Waals surface area (Å²) in [5, 5.41) is 5.91. The van der Waals surface area contributed by atoms with Crippen molar-refractivity contribution in [3.05, 3.63) is 77.5 Å². The number of H-pyrrole nitrogens is 1. The van der Waals surface area contributed by atoms with Crippen LogP contribution in [0.3, 0.4) is 0 Å². The van der Waals surface area contributed by atoms with Crippen molar-refractivity contribution in [1.29, 1.82) is 0 Å². The van der Waals surface area contributed by atoms with Gasteiger partial charge in [-0.25, -0.2) is 14.4 Å². The number of ether oxygens (including phenoxy) is 2. The van der Waals surface area contributed by atoms with Crippen molar-refractivity contribution < 1.29 is 18.7 Å². The topological polar surface area (TPSA) is 121 Å². The second kappa shape index (κ2) is 10.9. The first-order chi connectivity index (χ1) is 18.8. The van der Waals surface area contributed by atoms with Crippen molar-refractivity contribution in [2.24, 2.45) is 0 Å². The molecule has 5 rings (SSSR count). The van der Waals surface area contributed by atoms with E-state index in [-0.39, 0.29) is 17.6 Å². The minimum absolute atomic E-state index is 0.0369. The van der Waals surface area contributed by atoms with Crippen molar-refractivity contribution in [3.8, 4) is 22.6 Å². The van der Waals surface area contributed by atoms with Gasteiger partial charge in [0.15, 0.2) is 0 Å². The molecule has 0 aliphatic carbocycles. The first kappa shape index (κ1) is 25.9. The Hall–Kier alpha value is -4.77. The molecule has 3 heterocycles. The van der Waals surface area contributed by atoms with Crippen LogP contribution in [0.1, 0.15) is 6.42 Å². The van der Waals surface area contributed by atoms with Crippen molar-refractivity contribution in [1.82, 2.24) is 19.9 Å². The zero-order chi connectivity index (χ0) is 27.5. The molecule has 1 atom stereocenters. The van der Waals surface area contributed by atoms with Crippen LogP contribution in [0.2, 0.25) is 0 Å². The number of nitrogens with zero attached hydrogens (tertiary/aromatic N) is 3. The molecule has 1 amide bonds. The van der Waals surface area contributed by atoms with Crippen LogP contribution in [0.25, 0.3) is 22.2 Å². The molecule has 39 heavy (non-hydrogen) atoms. The molecule has 0 radical (unpaired) electrons. The van der Waals surface area contributed by atoms with Gasteiger partial charge in [-0.15, -0.1) is 0 Å². The average Bonchev–Trinajstić information content (AvgIpc) is 3.33. The lowest BCUT2D eigenvalue weighted by molar-refractivity contribution is -0.111. The number of carbonyl (C=O) groups is 1. The number of likely N-dealkylation sites (N-methyl/N-ethyl adjacent to an activating group) is 1. The van der Waals surface area contributed by atoms with Crippen LogP contribution in [-0.2, 0) is 4.79 Å². The predicted octanol–water partition coefficient (Wildman–Crippen LogP) is 4.08. The van der Waals surface area contributed by atoms with Crippen LogP contribution in [0, 0.1) is 5.82 Å². The highest BCUT2D eigenvalue weighted by Crippen LogP contribution is 2.39. The molecule has 0 spiro atoms. The van der Waals surface area contributed by atoms with E-state index >= 15 is 0 Å². The summed E-state index contributed by atoms with van der Waals surface area (Å²) < 4.78 is 25.8. The number of halogens is 1. The van der Waals surface area contributed by atoms with Gasteiger partial charge in [0, 0.05) is 30.8 Å². The Morgan fingerprint density at radius 3 is 2.79 bits per heavy atom. The first-order valence-corrected chi connectivity index (χ1v) is 12.3. The molecule has 2 aromatic carbocycles. The zero-order valence-corrected chi connectivity index (χ0v) is 21.5. The molecule has 1 fully saturated rings. The smallest absolute Gasteiger partial charge is 0.249 e. The van der Waals surface area contributed by atoms with E-state index in [2.05, 4.69) is 37.1 Å². The number of fused-ring (bicyclic) bond motifs is 1. The van der Waals surface area contributed by atoms with Gasteiger partial charge in [0.25, 0.3) is 0 Å². The zero-order valence-electron chi connectivity index (χ0n) is 21.5. The lowest BCUT2D eigenvalue weighted by atomic mass is 10.1. The minimum Gasteiger partial charge on any atom is -0.494 e. The van der Waals surface area contributed by atoms with Crippen LogP contribution in [-0.4, -0.2) is 59.1 Å². The Labute approximate surface area is 223 Å². The van der Waals surface area contributed by atoms with E-state index in [0.29, 0.717) is 45.0 Å². The summed E-state index contributed by atoms with van der Waals surface area (Å²) in [6.07, 6.45) is 3.46. The molecule has 10 nitrogen and oxygen atoms in total. The SMILES string of the molecule is C=CC(=O)Nc1cc(Nc2ncc3[nH]c(=O)cc(-c4cccc(F)c4)c3n2)c(OC)cc1OC1CCN(C)C1. The van der Waals surface area contributed by atoms with Crippen LogP contribution in [0.5, 0.6) is 11.5 Å². The van der Waals surface area contributed by atoms with Crippen molar-refractivity contribution >= 4 is 34.3 Å². The Bertz CT molecular complexity index is 1620. The number of methoxy groups -OCH3 is 1. The number of pyridine rings is 1. The molecule has 3 N–H and O–H groups in total. The minimum atomic E-state index is -0.432. The number of benzene rings is 2. The number of amides is 1. The van der Waals surface area contributed by atoms with Gasteiger partial charge in [-0.2, -0.15) is 0 Å². The third kappa shape index (κ3) is 5.73. The van der Waals surface area contributed by atoms with E-state index in [1.807, 2.05) is 7.05 Å². The standard InChI is InChI=1S/C28H27FN6O4/c1-4-25(36)31-21-12-20(23(38-3)13-24(21)39-18-8-9-35(2)15-18)33-28-30-14-22-27(34-28)19(11-26(37)32-22)16-6-5-7-17(29)10-16/h4-7,10-14,18H,1,8-9,15H2,2-3H3,(H,31,36)(H,32,37)(H,30,33,34). The van der Waals surface area contributed by atoms with Crippen LogP contribution < -0.4 is 25.7 Å². The number of rotatable bonds is 8. The molecule has 4 aromatic rings. The van der Waals surface area contributed by atoms with Gasteiger partial charge in [0.05, 0.1) is 30.2 Å². The number of carbonyl (C=O) groups excluding carboxylic acids is 1. The van der Waals surface area contributed by atoms with Gasteiger partial charge in [0.1, 0.15) is 28.9 Å². The number of hydrogen-bond donors (Lipinski definition) is 3. The molecule has 1 aliphatic heterocycles. The number of nitrogens with one attached hydrogen (secondary N) is 3. The molecule has 0 saturated carbocycles. The fraction of sp³-hybridized carbons (Fsp3) is 0.214. The maximum absolute atomic E-state index is 13.9. The van der Waals surface area contributed by atoms with E-state index in [4.69, 9.17) is 9.47 Å². The van der Waals surface area contributed by atoms with E-state index in [1.165, 1.54) is 37.6 Å². The number of hydrogen-bond acceptors (Lipinski definition) is 8. The molecule has 11 heteroatoms. The van der Waals surface area contributed by atoms with Gasteiger partial charge in [-0.05, 0) is 43.3 Å². The number of anilines is 3. The summed E-state index contributed by atoms with van der Waals surface area (Å²) >= 11 is 0.